The zero-order valence-corrected chi connectivity index (χ0v) is 15.3. The predicted molar refractivity (Wildman–Crippen MR) is 97.8 cm³/mol. The molecule has 0 bridgehead atoms. The third-order valence-corrected chi connectivity index (χ3v) is 6.20. The standard InChI is InChI=1S/C21H27F2NO2/c1-13-3-5-14(6-4-13)15-7-9-16(10-8-15)21(25)26-17-11-18(22)20(24-2)19(23)12-17/h11-16H,2-10H2,1H3. The van der Waals surface area contributed by atoms with Crippen molar-refractivity contribution in [2.75, 3.05) is 0 Å². The summed E-state index contributed by atoms with van der Waals surface area (Å²) in [5.74, 6) is -0.0847. The molecule has 1 aromatic rings. The number of benzene rings is 1. The van der Waals surface area contributed by atoms with Crippen LogP contribution in [-0.2, 0) is 4.79 Å². The minimum atomic E-state index is -0.877. The lowest BCUT2D eigenvalue weighted by molar-refractivity contribution is -0.140. The van der Waals surface area contributed by atoms with E-state index >= 15 is 0 Å². The number of carbonyl (C=O) groups excluding carboxylic acids is 1. The van der Waals surface area contributed by atoms with Crippen LogP contribution in [0.1, 0.15) is 58.3 Å². The fraction of sp³-hybridized carbons (Fsp3) is 0.619. The predicted octanol–water partition coefficient (Wildman–Crippen LogP) is 5.84. The van der Waals surface area contributed by atoms with Crippen LogP contribution in [0.2, 0.25) is 0 Å². The Balaban J connectivity index is 1.53. The largest absolute Gasteiger partial charge is 0.426 e. The molecule has 142 valence electrons. The van der Waals surface area contributed by atoms with Crippen LogP contribution in [0.25, 0.3) is 0 Å². The number of hydrogen-bond acceptors (Lipinski definition) is 3. The molecule has 2 fully saturated rings. The van der Waals surface area contributed by atoms with Crippen LogP contribution < -0.4 is 4.74 Å². The third kappa shape index (κ3) is 4.30. The van der Waals surface area contributed by atoms with E-state index in [0.29, 0.717) is 5.92 Å². The lowest BCUT2D eigenvalue weighted by Crippen LogP contribution is -2.29. The van der Waals surface area contributed by atoms with Gasteiger partial charge in [0.25, 0.3) is 0 Å². The van der Waals surface area contributed by atoms with Crippen molar-refractivity contribution in [3.8, 4) is 5.75 Å². The first kappa shape index (κ1) is 19.0. The highest BCUT2D eigenvalue weighted by molar-refractivity contribution is 5.75. The second kappa shape index (κ2) is 8.28. The first-order valence-corrected chi connectivity index (χ1v) is 9.65. The van der Waals surface area contributed by atoms with Gasteiger partial charge in [0.05, 0.1) is 5.92 Å². The van der Waals surface area contributed by atoms with Crippen LogP contribution in [0.5, 0.6) is 5.75 Å². The Kier molecular flexibility index (Phi) is 6.05. The van der Waals surface area contributed by atoms with Gasteiger partial charge in [-0.25, -0.2) is 8.78 Å². The smallest absolute Gasteiger partial charge is 0.314 e. The normalized spacial score (nSPS) is 29.2. The minimum absolute atomic E-state index is 0.110. The maximum Gasteiger partial charge on any atom is 0.314 e. The van der Waals surface area contributed by atoms with Crippen LogP contribution in [0, 0.1) is 35.3 Å². The topological polar surface area (TPSA) is 38.7 Å². The quantitative estimate of drug-likeness (QED) is 0.383. The molecule has 0 aliphatic heterocycles. The van der Waals surface area contributed by atoms with E-state index in [0.717, 1.165) is 49.7 Å². The molecule has 1 aromatic carbocycles. The summed E-state index contributed by atoms with van der Waals surface area (Å²) >= 11 is 0. The highest BCUT2D eigenvalue weighted by Crippen LogP contribution is 2.41. The van der Waals surface area contributed by atoms with Crippen molar-refractivity contribution in [2.45, 2.75) is 58.3 Å². The van der Waals surface area contributed by atoms with E-state index in [1.165, 1.54) is 25.7 Å². The summed E-state index contributed by atoms with van der Waals surface area (Å²) in [6, 6.07) is 1.97. The molecule has 0 unspecified atom stereocenters. The van der Waals surface area contributed by atoms with Gasteiger partial charge in [-0.1, -0.05) is 19.8 Å². The van der Waals surface area contributed by atoms with Crippen molar-refractivity contribution in [2.24, 2.45) is 28.7 Å². The molecule has 0 atom stereocenters. The Hall–Kier alpha value is -1.78. The molecule has 0 radical (unpaired) electrons. The molecular weight excluding hydrogens is 336 g/mol. The average molecular weight is 363 g/mol. The van der Waals surface area contributed by atoms with Gasteiger partial charge in [0.1, 0.15) is 11.4 Å². The molecule has 2 saturated carbocycles. The van der Waals surface area contributed by atoms with Gasteiger partial charge < -0.3 is 4.74 Å². The molecule has 3 rings (SSSR count). The highest BCUT2D eigenvalue weighted by Gasteiger charge is 2.33. The Labute approximate surface area is 153 Å². The zero-order valence-electron chi connectivity index (χ0n) is 15.3. The number of ether oxygens (including phenoxy) is 1. The van der Waals surface area contributed by atoms with Gasteiger partial charge in [-0.3, -0.25) is 9.79 Å². The van der Waals surface area contributed by atoms with Crippen LogP contribution in [0.4, 0.5) is 14.5 Å². The number of aliphatic imine (C=N–C) groups is 1. The Morgan fingerprint density at radius 1 is 1.00 bits per heavy atom. The second-order valence-corrected chi connectivity index (χ2v) is 7.95. The molecular formula is C21H27F2NO2. The number of nitrogens with zero attached hydrogens (tertiary/aromatic N) is 1. The van der Waals surface area contributed by atoms with Gasteiger partial charge in [-0.15, -0.1) is 0 Å². The van der Waals surface area contributed by atoms with Crippen molar-refractivity contribution in [3.05, 3.63) is 23.8 Å². The minimum Gasteiger partial charge on any atom is -0.426 e. The fourth-order valence-electron chi connectivity index (χ4n) is 4.54. The Morgan fingerprint density at radius 3 is 2.00 bits per heavy atom. The van der Waals surface area contributed by atoms with E-state index < -0.39 is 17.3 Å². The molecule has 2 aliphatic rings. The molecule has 2 aliphatic carbocycles. The number of carbonyl (C=O) groups is 1. The number of halogens is 2. The van der Waals surface area contributed by atoms with Crippen molar-refractivity contribution in [1.29, 1.82) is 0 Å². The first-order valence-electron chi connectivity index (χ1n) is 9.65. The zero-order chi connectivity index (χ0) is 18.7. The second-order valence-electron chi connectivity index (χ2n) is 7.95. The van der Waals surface area contributed by atoms with Gasteiger partial charge in [0, 0.05) is 12.1 Å². The summed E-state index contributed by atoms with van der Waals surface area (Å²) in [5.41, 5.74) is -0.452. The number of esters is 1. The van der Waals surface area contributed by atoms with E-state index in [-0.39, 0.29) is 17.6 Å². The van der Waals surface area contributed by atoms with Crippen molar-refractivity contribution >= 4 is 18.4 Å². The van der Waals surface area contributed by atoms with Crippen LogP contribution in [-0.4, -0.2) is 12.7 Å². The van der Waals surface area contributed by atoms with Gasteiger partial charge in [-0.2, -0.15) is 0 Å². The van der Waals surface area contributed by atoms with Crippen molar-refractivity contribution in [3.63, 3.8) is 0 Å². The number of rotatable bonds is 4. The molecule has 0 aromatic heterocycles. The van der Waals surface area contributed by atoms with E-state index in [1.807, 2.05) is 0 Å². The molecule has 5 heteroatoms. The summed E-state index contributed by atoms with van der Waals surface area (Å²) in [4.78, 5) is 15.7. The molecule has 0 heterocycles. The molecule has 3 nitrogen and oxygen atoms in total. The first-order chi connectivity index (χ1) is 12.5. The Bertz CT molecular complexity index is 637. The van der Waals surface area contributed by atoms with Crippen molar-refractivity contribution in [1.82, 2.24) is 0 Å². The van der Waals surface area contributed by atoms with Gasteiger partial charge >= 0.3 is 5.97 Å². The maximum atomic E-state index is 13.7. The fourth-order valence-corrected chi connectivity index (χ4v) is 4.54. The number of hydrogen-bond donors (Lipinski definition) is 0. The molecule has 0 saturated heterocycles. The highest BCUT2D eigenvalue weighted by atomic mass is 19.1. The third-order valence-electron chi connectivity index (χ3n) is 6.20. The monoisotopic (exact) mass is 363 g/mol. The van der Waals surface area contributed by atoms with Crippen LogP contribution >= 0.6 is 0 Å². The van der Waals surface area contributed by atoms with E-state index in [4.69, 9.17) is 4.74 Å². The summed E-state index contributed by atoms with van der Waals surface area (Å²) in [5, 5.41) is 0. The van der Waals surface area contributed by atoms with E-state index in [9.17, 15) is 13.6 Å². The Morgan fingerprint density at radius 2 is 1.50 bits per heavy atom. The lowest BCUT2D eigenvalue weighted by atomic mass is 9.69. The molecule has 0 amide bonds. The SMILES string of the molecule is C=Nc1c(F)cc(OC(=O)C2CCC(C3CCC(C)CC3)CC2)cc1F. The molecule has 26 heavy (non-hydrogen) atoms. The molecule has 0 spiro atoms. The lowest BCUT2D eigenvalue weighted by Gasteiger charge is -2.36. The summed E-state index contributed by atoms with van der Waals surface area (Å²) in [6.07, 6.45) is 8.94. The van der Waals surface area contributed by atoms with E-state index in [2.05, 4.69) is 18.6 Å². The summed E-state index contributed by atoms with van der Waals surface area (Å²) < 4.78 is 32.7. The maximum absolute atomic E-state index is 13.7. The van der Waals surface area contributed by atoms with Gasteiger partial charge in [0.15, 0.2) is 11.6 Å². The summed E-state index contributed by atoms with van der Waals surface area (Å²) in [6.45, 7) is 5.45. The van der Waals surface area contributed by atoms with Crippen LogP contribution in [0.15, 0.2) is 17.1 Å². The molecule has 0 N–H and O–H groups in total. The van der Waals surface area contributed by atoms with Crippen LogP contribution in [0.3, 0.4) is 0 Å². The van der Waals surface area contributed by atoms with Gasteiger partial charge in [-0.05, 0) is 63.0 Å². The average Bonchev–Trinajstić information content (AvgIpc) is 2.62. The summed E-state index contributed by atoms with van der Waals surface area (Å²) in [7, 11) is 0. The van der Waals surface area contributed by atoms with Crippen molar-refractivity contribution < 1.29 is 18.3 Å². The van der Waals surface area contributed by atoms with E-state index in [1.54, 1.807) is 0 Å². The van der Waals surface area contributed by atoms with Gasteiger partial charge in [0.2, 0.25) is 0 Å².